The number of hydrogen-bond acceptors (Lipinski definition) is 10. The summed E-state index contributed by atoms with van der Waals surface area (Å²) in [6.07, 6.45) is 0. The highest BCUT2D eigenvalue weighted by Crippen LogP contribution is 2.37. The van der Waals surface area contributed by atoms with E-state index < -0.39 is 47.3 Å². The molecule has 62 heavy (non-hydrogen) atoms. The van der Waals surface area contributed by atoms with Crippen molar-refractivity contribution in [1.82, 2.24) is 0 Å². The lowest BCUT2D eigenvalue weighted by atomic mass is 10.1. The Morgan fingerprint density at radius 3 is 1.26 bits per heavy atom. The van der Waals surface area contributed by atoms with E-state index in [1.165, 1.54) is 48.5 Å². The number of Topliss-reactive ketones (excluding diaryl/α,β-unsaturated/α-hetero) is 2. The second-order valence-electron chi connectivity index (χ2n) is 13.1. The zero-order chi connectivity index (χ0) is 45.1. The molecule has 5 aromatic carbocycles. The molecular formula is C42H32Cl6N8O6. The Labute approximate surface area is 384 Å². The van der Waals surface area contributed by atoms with Crippen LogP contribution in [0.4, 0.5) is 34.1 Å². The van der Waals surface area contributed by atoms with Gasteiger partial charge in [-0.2, -0.15) is 20.5 Å². The number of amides is 4. The summed E-state index contributed by atoms with van der Waals surface area (Å²) in [6, 6.07) is 21.5. The molecule has 0 saturated heterocycles. The van der Waals surface area contributed by atoms with Crippen LogP contribution in [0.5, 0.6) is 0 Å². The molecule has 0 aromatic heterocycles. The third kappa shape index (κ3) is 12.4. The van der Waals surface area contributed by atoms with Crippen molar-refractivity contribution in [1.29, 1.82) is 0 Å². The molecule has 5 aromatic rings. The van der Waals surface area contributed by atoms with Gasteiger partial charge in [0.05, 0.1) is 31.5 Å². The van der Waals surface area contributed by atoms with Gasteiger partial charge in [0.1, 0.15) is 11.4 Å². The van der Waals surface area contributed by atoms with Crippen LogP contribution in [-0.4, -0.2) is 47.3 Å². The summed E-state index contributed by atoms with van der Waals surface area (Å²) in [5, 5.41) is 25.9. The van der Waals surface area contributed by atoms with Gasteiger partial charge in [-0.25, -0.2) is 0 Å². The fourth-order valence-electron chi connectivity index (χ4n) is 5.35. The van der Waals surface area contributed by atoms with Crippen molar-refractivity contribution < 1.29 is 28.8 Å². The molecule has 318 valence electrons. The number of nitrogens with zero attached hydrogens (tertiary/aromatic N) is 4. The highest BCUT2D eigenvalue weighted by molar-refractivity contribution is 6.46. The van der Waals surface area contributed by atoms with Crippen LogP contribution in [0.25, 0.3) is 0 Å². The monoisotopic (exact) mass is 954 g/mol. The molecule has 0 aliphatic carbocycles. The number of nitrogens with one attached hydrogen (secondary N) is 4. The van der Waals surface area contributed by atoms with Crippen LogP contribution < -0.4 is 21.3 Å². The maximum atomic E-state index is 13.3. The van der Waals surface area contributed by atoms with Gasteiger partial charge in [-0.3, -0.25) is 28.8 Å². The first-order valence-corrected chi connectivity index (χ1v) is 20.6. The zero-order valence-corrected chi connectivity index (χ0v) is 36.8. The summed E-state index contributed by atoms with van der Waals surface area (Å²) >= 11 is 37.3. The summed E-state index contributed by atoms with van der Waals surface area (Å²) < 4.78 is 0. The first kappa shape index (κ1) is 47.3. The second-order valence-corrected chi connectivity index (χ2v) is 15.2. The van der Waals surface area contributed by atoms with Crippen LogP contribution in [0.15, 0.2) is 118 Å². The average molecular weight is 957 g/mol. The van der Waals surface area contributed by atoms with Crippen molar-refractivity contribution in [3.05, 3.63) is 139 Å². The lowest BCUT2D eigenvalue weighted by molar-refractivity contribution is -0.127. The van der Waals surface area contributed by atoms with Gasteiger partial charge in [-0.05, 0) is 97.8 Å². The highest BCUT2D eigenvalue weighted by Gasteiger charge is 2.27. The van der Waals surface area contributed by atoms with Crippen LogP contribution in [0.2, 0.25) is 20.1 Å². The Morgan fingerprint density at radius 1 is 0.516 bits per heavy atom. The lowest BCUT2D eigenvalue weighted by Gasteiger charge is -2.15. The smallest absolute Gasteiger partial charge is 0.258 e. The molecule has 0 radical (unpaired) electrons. The number of ketones is 2. The standard InChI is InChI=1S/C42H32Cl6N8O6/c1-21(57)37(55-53-33-17-25(9-11-29(33)45)39(59)49-27-7-3-5-23(15-27)19-43)41(61)51-31-13-14-32(36(48)35(31)47)52-42(62)38(22(2)58)56-54-34-18-26(10-12-30(34)46)40(60)50-28-8-4-6-24(16-28)20-44/h3-18,37-38H,19-20H2,1-2H3,(H,49,59)(H,50,60)(H,51,61)(H,52,62). The van der Waals surface area contributed by atoms with Crippen molar-refractivity contribution in [2.75, 3.05) is 21.3 Å². The molecule has 0 bridgehead atoms. The molecule has 20 heteroatoms. The van der Waals surface area contributed by atoms with Gasteiger partial charge in [0.2, 0.25) is 12.1 Å². The van der Waals surface area contributed by atoms with Gasteiger partial charge in [-0.1, -0.05) is 70.7 Å². The minimum atomic E-state index is -1.69. The minimum Gasteiger partial charge on any atom is -0.322 e. The van der Waals surface area contributed by atoms with E-state index in [-0.39, 0.29) is 65.7 Å². The number of rotatable bonds is 16. The minimum absolute atomic E-state index is 0.00192. The van der Waals surface area contributed by atoms with Crippen molar-refractivity contribution >= 4 is 139 Å². The quantitative estimate of drug-likeness (QED) is 0.0431. The highest BCUT2D eigenvalue weighted by atomic mass is 35.5. The molecule has 0 aliphatic rings. The number of azo groups is 2. The van der Waals surface area contributed by atoms with Crippen LogP contribution in [0.1, 0.15) is 45.7 Å². The lowest BCUT2D eigenvalue weighted by Crippen LogP contribution is -2.32. The van der Waals surface area contributed by atoms with E-state index in [2.05, 4.69) is 41.7 Å². The second kappa shape index (κ2) is 21.9. The molecule has 14 nitrogen and oxygen atoms in total. The fraction of sp³-hybridized carbons (Fsp3) is 0.143. The molecular weight excluding hydrogens is 925 g/mol. The Bertz CT molecular complexity index is 2460. The molecule has 2 atom stereocenters. The third-order valence-electron chi connectivity index (χ3n) is 8.52. The van der Waals surface area contributed by atoms with Crippen molar-refractivity contribution in [2.45, 2.75) is 37.7 Å². The first-order chi connectivity index (χ1) is 29.6. The van der Waals surface area contributed by atoms with E-state index in [1.807, 2.05) is 12.1 Å². The first-order valence-electron chi connectivity index (χ1n) is 18.0. The van der Waals surface area contributed by atoms with Crippen LogP contribution in [-0.2, 0) is 30.9 Å². The van der Waals surface area contributed by atoms with E-state index in [9.17, 15) is 28.8 Å². The summed E-state index contributed by atoms with van der Waals surface area (Å²) in [7, 11) is 0. The molecule has 5 rings (SSSR count). The largest absolute Gasteiger partial charge is 0.322 e. The maximum Gasteiger partial charge on any atom is 0.258 e. The number of anilines is 4. The third-order valence-corrected chi connectivity index (χ3v) is 10.7. The van der Waals surface area contributed by atoms with Crippen LogP contribution >= 0.6 is 69.6 Å². The predicted octanol–water partition coefficient (Wildman–Crippen LogP) is 11.6. The Kier molecular flexibility index (Phi) is 16.7. The number of carbonyl (C=O) groups is 6. The van der Waals surface area contributed by atoms with Crippen molar-refractivity contribution in [2.24, 2.45) is 20.5 Å². The normalized spacial score (nSPS) is 12.1. The number of halogens is 6. The van der Waals surface area contributed by atoms with Gasteiger partial charge in [0, 0.05) is 34.3 Å². The molecule has 4 N–H and O–H groups in total. The van der Waals surface area contributed by atoms with E-state index in [4.69, 9.17) is 69.6 Å². The van der Waals surface area contributed by atoms with Gasteiger partial charge < -0.3 is 21.3 Å². The Morgan fingerprint density at radius 2 is 0.903 bits per heavy atom. The van der Waals surface area contributed by atoms with E-state index in [0.29, 0.717) is 11.4 Å². The SMILES string of the molecule is CC(=O)C(N=Nc1cc(C(=O)Nc2cccc(CCl)c2)ccc1Cl)C(=O)Nc1ccc(NC(=O)C(N=Nc2cc(C(=O)Nc3cccc(CCl)c3)ccc2Cl)C(C)=O)c(Cl)c1Cl. The van der Waals surface area contributed by atoms with Crippen molar-refractivity contribution in [3.8, 4) is 0 Å². The predicted molar refractivity (Wildman–Crippen MR) is 242 cm³/mol. The summed E-state index contributed by atoms with van der Waals surface area (Å²) in [5.41, 5.74) is 2.82. The maximum absolute atomic E-state index is 13.3. The Balaban J connectivity index is 1.26. The fourth-order valence-corrected chi connectivity index (χ4v) is 6.42. The average Bonchev–Trinajstić information content (AvgIpc) is 3.24. The van der Waals surface area contributed by atoms with Gasteiger partial charge in [0.25, 0.3) is 23.6 Å². The molecule has 4 amide bonds. The van der Waals surface area contributed by atoms with Gasteiger partial charge in [-0.15, -0.1) is 23.2 Å². The summed E-state index contributed by atoms with van der Waals surface area (Å²) in [6.45, 7) is 2.23. The summed E-state index contributed by atoms with van der Waals surface area (Å²) in [5.74, 6) is -3.75. The molecule has 0 fully saturated rings. The summed E-state index contributed by atoms with van der Waals surface area (Å²) in [4.78, 5) is 77.6. The molecule has 0 spiro atoms. The number of alkyl halides is 2. The number of benzene rings is 5. The Hall–Kier alpha value is -5.74. The van der Waals surface area contributed by atoms with E-state index >= 15 is 0 Å². The van der Waals surface area contributed by atoms with Gasteiger partial charge in [0.15, 0.2) is 11.6 Å². The molecule has 0 aliphatic heterocycles. The number of carbonyl (C=O) groups excluding carboxylic acids is 6. The molecule has 2 unspecified atom stereocenters. The van der Waals surface area contributed by atoms with E-state index in [1.54, 1.807) is 36.4 Å². The molecule has 0 saturated carbocycles. The topological polar surface area (TPSA) is 200 Å². The van der Waals surface area contributed by atoms with E-state index in [0.717, 1.165) is 25.0 Å². The number of hydrogen-bond donors (Lipinski definition) is 4. The van der Waals surface area contributed by atoms with Crippen LogP contribution in [0, 0.1) is 0 Å². The molecule has 0 heterocycles. The van der Waals surface area contributed by atoms with Crippen molar-refractivity contribution in [3.63, 3.8) is 0 Å². The van der Waals surface area contributed by atoms with Gasteiger partial charge >= 0.3 is 0 Å². The van der Waals surface area contributed by atoms with Crippen LogP contribution in [0.3, 0.4) is 0 Å². The zero-order valence-electron chi connectivity index (χ0n) is 32.3.